The molecule has 2 saturated heterocycles. The average Bonchev–Trinajstić information content (AvgIpc) is 2.97. The summed E-state index contributed by atoms with van der Waals surface area (Å²) in [5, 5.41) is 21.2. The first-order valence-corrected chi connectivity index (χ1v) is 20.6. The molecule has 1 unspecified atom stereocenters. The van der Waals surface area contributed by atoms with Crippen LogP contribution in [-0.4, -0.2) is 74.8 Å². The number of aliphatic carboxylic acids is 1. The standard InChI is InChI=1S/C46H80N2O5/c1-18-19-20-46(30-53-38(51)23-37(49)50,24-31-21-35(40(2,3)4)39(52)36(22-31)41(5,6)7)29-34(32-25-42(8,9)47(16)43(10,11)26-32)33-27-44(12,13)48(17)45(14,15)28-33/h21-22,32-34,52H,18-20,23-30H2,1-17H3,(H,49,50). The first-order valence-electron chi connectivity index (χ1n) is 20.6. The molecule has 1 aromatic rings. The van der Waals surface area contributed by atoms with Crippen molar-refractivity contribution in [3.63, 3.8) is 0 Å². The number of carbonyl (C=O) groups excluding carboxylic acids is 1. The number of ether oxygens (including phenoxy) is 1. The molecule has 2 N–H and O–H groups in total. The fraction of sp³-hybridized carbons (Fsp3) is 0.826. The number of nitrogens with zero attached hydrogens (tertiary/aromatic N) is 2. The van der Waals surface area contributed by atoms with Crippen LogP contribution in [0.15, 0.2) is 12.1 Å². The molecule has 0 saturated carbocycles. The van der Waals surface area contributed by atoms with Crippen molar-refractivity contribution in [3.8, 4) is 5.75 Å². The van der Waals surface area contributed by atoms with Gasteiger partial charge in [0.05, 0.1) is 6.61 Å². The topological polar surface area (TPSA) is 90.3 Å². The van der Waals surface area contributed by atoms with Crippen LogP contribution in [-0.2, 0) is 31.6 Å². The molecule has 0 aliphatic carbocycles. The van der Waals surface area contributed by atoms with Gasteiger partial charge in [-0.25, -0.2) is 0 Å². The van der Waals surface area contributed by atoms with Gasteiger partial charge in [-0.2, -0.15) is 0 Å². The zero-order chi connectivity index (χ0) is 40.8. The summed E-state index contributed by atoms with van der Waals surface area (Å²) in [5.41, 5.74) is 2.09. The monoisotopic (exact) mass is 741 g/mol. The van der Waals surface area contributed by atoms with E-state index in [2.05, 4.69) is 140 Å². The van der Waals surface area contributed by atoms with E-state index in [1.807, 2.05) is 0 Å². The number of esters is 1. The third kappa shape index (κ3) is 10.8. The van der Waals surface area contributed by atoms with Gasteiger partial charge >= 0.3 is 11.9 Å². The Morgan fingerprint density at radius 2 is 1.19 bits per heavy atom. The fourth-order valence-corrected chi connectivity index (χ4v) is 10.5. The van der Waals surface area contributed by atoms with Gasteiger partial charge in [-0.3, -0.25) is 19.4 Å². The highest BCUT2D eigenvalue weighted by Gasteiger charge is 2.52. The summed E-state index contributed by atoms with van der Waals surface area (Å²) in [6, 6.07) is 4.39. The molecule has 0 amide bonds. The summed E-state index contributed by atoms with van der Waals surface area (Å²) < 4.78 is 6.09. The molecule has 1 aromatic carbocycles. The van der Waals surface area contributed by atoms with E-state index < -0.39 is 23.8 Å². The number of phenolic OH excluding ortho intramolecular Hbond substituents is 1. The van der Waals surface area contributed by atoms with Crippen molar-refractivity contribution in [1.29, 1.82) is 0 Å². The average molecular weight is 741 g/mol. The third-order valence-electron chi connectivity index (χ3n) is 13.8. The predicted molar refractivity (Wildman–Crippen MR) is 220 cm³/mol. The molecule has 53 heavy (non-hydrogen) atoms. The van der Waals surface area contributed by atoms with Crippen LogP contribution in [0.2, 0.25) is 0 Å². The molecule has 7 heteroatoms. The number of aromatic hydroxyl groups is 1. The lowest BCUT2D eigenvalue weighted by atomic mass is 9.57. The van der Waals surface area contributed by atoms with Crippen molar-refractivity contribution < 1.29 is 24.5 Å². The van der Waals surface area contributed by atoms with E-state index in [-0.39, 0.29) is 39.6 Å². The SMILES string of the molecule is CCCCC(COC(=O)CC(=O)O)(Cc1cc(C(C)(C)C)c(O)c(C(C)(C)C)c1)CC(C1CC(C)(C)N(C)C(C)(C)C1)C1CC(C)(C)N(C)C(C)(C)C1. The number of hydrogen-bond acceptors (Lipinski definition) is 6. The first-order chi connectivity index (χ1) is 23.9. The second kappa shape index (κ2) is 15.8. The lowest BCUT2D eigenvalue weighted by Gasteiger charge is -2.60. The van der Waals surface area contributed by atoms with Crippen molar-refractivity contribution in [2.24, 2.45) is 23.2 Å². The number of likely N-dealkylation sites (tertiary alicyclic amines) is 2. The van der Waals surface area contributed by atoms with Gasteiger partial charge in [-0.05, 0) is 160 Å². The summed E-state index contributed by atoms with van der Waals surface area (Å²) in [6.45, 7) is 34.5. The fourth-order valence-electron chi connectivity index (χ4n) is 10.5. The first kappa shape index (κ1) is 45.3. The van der Waals surface area contributed by atoms with E-state index in [4.69, 9.17) is 4.74 Å². The Labute approximate surface area is 325 Å². The minimum absolute atomic E-state index is 0.0152. The van der Waals surface area contributed by atoms with Crippen LogP contribution in [0.1, 0.15) is 178 Å². The molecule has 0 radical (unpaired) electrons. The Hall–Kier alpha value is -2.12. The normalized spacial score (nSPS) is 22.5. The van der Waals surface area contributed by atoms with Gasteiger partial charge < -0.3 is 14.9 Å². The van der Waals surface area contributed by atoms with Crippen LogP contribution < -0.4 is 0 Å². The second-order valence-corrected chi connectivity index (χ2v) is 22.1. The summed E-state index contributed by atoms with van der Waals surface area (Å²) in [5.74, 6) is -0.184. The second-order valence-electron chi connectivity index (χ2n) is 22.1. The van der Waals surface area contributed by atoms with Crippen molar-refractivity contribution in [2.45, 2.75) is 201 Å². The lowest BCUT2D eigenvalue weighted by molar-refractivity contribution is -0.155. The van der Waals surface area contributed by atoms with Crippen LogP contribution in [0.5, 0.6) is 5.75 Å². The number of benzene rings is 1. The lowest BCUT2D eigenvalue weighted by Crippen LogP contribution is -2.62. The summed E-state index contributed by atoms with van der Waals surface area (Å²) in [7, 11) is 4.57. The Balaban J connectivity index is 2.33. The molecule has 2 aliphatic rings. The van der Waals surface area contributed by atoms with Gasteiger partial charge in [0.15, 0.2) is 0 Å². The van der Waals surface area contributed by atoms with Gasteiger partial charge in [0.1, 0.15) is 12.2 Å². The summed E-state index contributed by atoms with van der Waals surface area (Å²) in [4.78, 5) is 29.9. The van der Waals surface area contributed by atoms with Crippen LogP contribution >= 0.6 is 0 Å². The maximum absolute atomic E-state index is 13.1. The predicted octanol–water partition coefficient (Wildman–Crippen LogP) is 10.5. The Morgan fingerprint density at radius 1 is 0.792 bits per heavy atom. The molecule has 1 atom stereocenters. The van der Waals surface area contributed by atoms with Gasteiger partial charge in [0.2, 0.25) is 0 Å². The van der Waals surface area contributed by atoms with E-state index in [9.17, 15) is 19.8 Å². The highest BCUT2D eigenvalue weighted by molar-refractivity contribution is 5.90. The van der Waals surface area contributed by atoms with Crippen molar-refractivity contribution in [1.82, 2.24) is 9.80 Å². The third-order valence-corrected chi connectivity index (χ3v) is 13.8. The number of carbonyl (C=O) groups is 2. The molecule has 0 spiro atoms. The number of piperidine rings is 2. The molecule has 2 aliphatic heterocycles. The number of rotatable bonds is 13. The number of carboxylic acids is 1. The zero-order valence-electron chi connectivity index (χ0n) is 37.2. The highest BCUT2D eigenvalue weighted by Crippen LogP contribution is 2.54. The molecule has 0 aromatic heterocycles. The van der Waals surface area contributed by atoms with Crippen LogP contribution in [0.25, 0.3) is 0 Å². The minimum atomic E-state index is -1.17. The van der Waals surface area contributed by atoms with Crippen molar-refractivity contribution in [3.05, 3.63) is 28.8 Å². The molecule has 0 bridgehead atoms. The van der Waals surface area contributed by atoms with Crippen LogP contribution in [0, 0.1) is 23.2 Å². The number of carboxylic acid groups (broad SMARTS) is 1. The van der Waals surface area contributed by atoms with E-state index in [0.717, 1.165) is 68.1 Å². The molecule has 2 heterocycles. The van der Waals surface area contributed by atoms with Gasteiger partial charge in [0, 0.05) is 27.6 Å². The molecule has 2 fully saturated rings. The Kier molecular flexibility index (Phi) is 13.5. The van der Waals surface area contributed by atoms with Gasteiger partial charge in [-0.15, -0.1) is 0 Å². The van der Waals surface area contributed by atoms with E-state index in [0.29, 0.717) is 29.9 Å². The summed E-state index contributed by atoms with van der Waals surface area (Å²) >= 11 is 0. The maximum Gasteiger partial charge on any atom is 0.317 e. The minimum Gasteiger partial charge on any atom is -0.507 e. The zero-order valence-corrected chi connectivity index (χ0v) is 37.2. The maximum atomic E-state index is 13.1. The smallest absolute Gasteiger partial charge is 0.317 e. The number of unbranched alkanes of at least 4 members (excludes halogenated alkanes) is 1. The molecular formula is C46H80N2O5. The van der Waals surface area contributed by atoms with Gasteiger partial charge in [-0.1, -0.05) is 73.4 Å². The summed E-state index contributed by atoms with van der Waals surface area (Å²) in [6.07, 6.45) is 8.18. The largest absolute Gasteiger partial charge is 0.507 e. The van der Waals surface area contributed by atoms with E-state index >= 15 is 0 Å². The highest BCUT2D eigenvalue weighted by atomic mass is 16.5. The van der Waals surface area contributed by atoms with Crippen LogP contribution in [0.4, 0.5) is 0 Å². The van der Waals surface area contributed by atoms with Gasteiger partial charge in [0.25, 0.3) is 0 Å². The quantitative estimate of drug-likeness (QED) is 0.154. The molecular weight excluding hydrogens is 661 g/mol. The van der Waals surface area contributed by atoms with Crippen LogP contribution in [0.3, 0.4) is 0 Å². The molecule has 304 valence electrons. The molecule has 3 rings (SSSR count). The Morgan fingerprint density at radius 3 is 1.53 bits per heavy atom. The Bertz CT molecular complexity index is 1330. The van der Waals surface area contributed by atoms with E-state index in [1.54, 1.807) is 0 Å². The van der Waals surface area contributed by atoms with E-state index in [1.165, 1.54) is 0 Å². The van der Waals surface area contributed by atoms with Crippen molar-refractivity contribution in [2.75, 3.05) is 20.7 Å². The van der Waals surface area contributed by atoms with Crippen molar-refractivity contribution >= 4 is 11.9 Å². The molecule has 7 nitrogen and oxygen atoms in total. The number of phenols is 1. The number of hydrogen-bond donors (Lipinski definition) is 2.